The first-order chi connectivity index (χ1) is 6.93. The highest BCUT2D eigenvalue weighted by atomic mass is 16.5. The average Bonchev–Trinajstić information content (AvgIpc) is 2.12. The second-order valence-electron chi connectivity index (χ2n) is 5.23. The molecule has 0 bridgehead atoms. The summed E-state index contributed by atoms with van der Waals surface area (Å²) in [6.45, 7) is 11.1. The largest absolute Gasteiger partial charge is 0.465 e. The van der Waals surface area contributed by atoms with E-state index >= 15 is 0 Å². The van der Waals surface area contributed by atoms with Gasteiger partial charge in [-0.15, -0.1) is 0 Å². The van der Waals surface area contributed by atoms with Gasteiger partial charge >= 0.3 is 5.97 Å². The van der Waals surface area contributed by atoms with E-state index in [4.69, 9.17) is 4.74 Å². The van der Waals surface area contributed by atoms with Crippen LogP contribution in [0.4, 0.5) is 0 Å². The highest BCUT2D eigenvalue weighted by Crippen LogP contribution is 2.30. The summed E-state index contributed by atoms with van der Waals surface area (Å²) in [5.41, 5.74) is 0.0132. The van der Waals surface area contributed by atoms with Crippen molar-refractivity contribution in [2.45, 2.75) is 60.3 Å². The quantitative estimate of drug-likeness (QED) is 0.496. The number of hydrogen-bond donors (Lipinski definition) is 0. The van der Waals surface area contributed by atoms with Gasteiger partial charge in [-0.25, -0.2) is 0 Å². The maximum Gasteiger partial charge on any atom is 0.309 e. The SMILES string of the molecule is CCCCOC(=O)C(CCC)C(C)(C)C. The summed E-state index contributed by atoms with van der Waals surface area (Å²) in [4.78, 5) is 11.8. The molecule has 0 amide bonds. The first kappa shape index (κ1) is 14.5. The van der Waals surface area contributed by atoms with Crippen molar-refractivity contribution in [3.63, 3.8) is 0 Å². The molecule has 0 aromatic heterocycles. The van der Waals surface area contributed by atoms with Crippen LogP contribution < -0.4 is 0 Å². The number of carbonyl (C=O) groups excluding carboxylic acids is 1. The highest BCUT2D eigenvalue weighted by Gasteiger charge is 2.31. The lowest BCUT2D eigenvalue weighted by Crippen LogP contribution is -2.30. The molecule has 0 saturated carbocycles. The molecule has 0 spiro atoms. The molecule has 0 aromatic rings. The molecule has 1 unspecified atom stereocenters. The Morgan fingerprint density at radius 3 is 2.20 bits per heavy atom. The molecular formula is C13H26O2. The Morgan fingerprint density at radius 1 is 1.20 bits per heavy atom. The predicted octanol–water partition coefficient (Wildman–Crippen LogP) is 3.79. The van der Waals surface area contributed by atoms with Crippen LogP contribution in [0.2, 0.25) is 0 Å². The second kappa shape index (κ2) is 6.86. The molecule has 0 aliphatic carbocycles. The molecule has 0 radical (unpaired) electrons. The van der Waals surface area contributed by atoms with Crippen LogP contribution in [0.1, 0.15) is 60.3 Å². The number of esters is 1. The molecule has 0 rings (SSSR count). The van der Waals surface area contributed by atoms with Crippen LogP contribution in [-0.2, 0) is 9.53 Å². The standard InChI is InChI=1S/C13H26O2/c1-6-8-10-15-12(14)11(9-7-2)13(3,4)5/h11H,6-10H2,1-5H3. The van der Waals surface area contributed by atoms with Crippen molar-refractivity contribution in [3.05, 3.63) is 0 Å². The monoisotopic (exact) mass is 214 g/mol. The van der Waals surface area contributed by atoms with Crippen molar-refractivity contribution >= 4 is 5.97 Å². The van der Waals surface area contributed by atoms with E-state index in [0.29, 0.717) is 6.61 Å². The minimum absolute atomic E-state index is 0.0132. The van der Waals surface area contributed by atoms with Crippen LogP contribution in [0.3, 0.4) is 0 Å². The number of hydrogen-bond acceptors (Lipinski definition) is 2. The molecule has 90 valence electrons. The first-order valence-corrected chi connectivity index (χ1v) is 6.10. The zero-order valence-corrected chi connectivity index (χ0v) is 10.9. The van der Waals surface area contributed by atoms with Gasteiger partial charge in [0.25, 0.3) is 0 Å². The van der Waals surface area contributed by atoms with Gasteiger partial charge in [0.05, 0.1) is 12.5 Å². The maximum absolute atomic E-state index is 11.8. The van der Waals surface area contributed by atoms with Gasteiger partial charge in [-0.1, -0.05) is 47.5 Å². The molecule has 0 aromatic carbocycles. The molecule has 0 saturated heterocycles. The van der Waals surface area contributed by atoms with Crippen LogP contribution in [0, 0.1) is 11.3 Å². The van der Waals surface area contributed by atoms with E-state index in [2.05, 4.69) is 34.6 Å². The van der Waals surface area contributed by atoms with Gasteiger partial charge in [-0.3, -0.25) is 4.79 Å². The fraction of sp³-hybridized carbons (Fsp3) is 0.923. The van der Waals surface area contributed by atoms with Crippen molar-refractivity contribution in [3.8, 4) is 0 Å². The minimum atomic E-state index is -0.0159. The second-order valence-corrected chi connectivity index (χ2v) is 5.23. The Balaban J connectivity index is 4.18. The van der Waals surface area contributed by atoms with Gasteiger partial charge in [-0.2, -0.15) is 0 Å². The van der Waals surface area contributed by atoms with Gasteiger partial charge in [0, 0.05) is 0 Å². The first-order valence-electron chi connectivity index (χ1n) is 6.10. The lowest BCUT2D eigenvalue weighted by Gasteiger charge is -2.28. The van der Waals surface area contributed by atoms with Crippen LogP contribution in [-0.4, -0.2) is 12.6 Å². The summed E-state index contributed by atoms with van der Waals surface area (Å²) in [5, 5.41) is 0. The zero-order valence-electron chi connectivity index (χ0n) is 10.9. The lowest BCUT2D eigenvalue weighted by molar-refractivity contribution is -0.152. The highest BCUT2D eigenvalue weighted by molar-refractivity contribution is 5.73. The molecule has 2 nitrogen and oxygen atoms in total. The number of ether oxygens (including phenoxy) is 1. The smallest absolute Gasteiger partial charge is 0.309 e. The van der Waals surface area contributed by atoms with Gasteiger partial charge in [0.15, 0.2) is 0 Å². The fourth-order valence-corrected chi connectivity index (χ4v) is 1.61. The van der Waals surface area contributed by atoms with Gasteiger partial charge in [0.1, 0.15) is 0 Å². The molecule has 0 aliphatic rings. The van der Waals surface area contributed by atoms with Gasteiger partial charge < -0.3 is 4.74 Å². The van der Waals surface area contributed by atoms with E-state index in [1.807, 2.05) is 0 Å². The number of unbranched alkanes of at least 4 members (excludes halogenated alkanes) is 1. The van der Waals surface area contributed by atoms with Gasteiger partial charge in [-0.05, 0) is 18.3 Å². The Labute approximate surface area is 94.4 Å². The number of rotatable bonds is 6. The van der Waals surface area contributed by atoms with E-state index in [-0.39, 0.29) is 17.3 Å². The van der Waals surface area contributed by atoms with Gasteiger partial charge in [0.2, 0.25) is 0 Å². The molecule has 0 N–H and O–H groups in total. The third kappa shape index (κ3) is 5.81. The lowest BCUT2D eigenvalue weighted by atomic mass is 9.78. The van der Waals surface area contributed by atoms with Crippen molar-refractivity contribution in [1.29, 1.82) is 0 Å². The molecule has 15 heavy (non-hydrogen) atoms. The molecule has 2 heteroatoms. The topological polar surface area (TPSA) is 26.3 Å². The normalized spacial score (nSPS) is 13.7. The zero-order chi connectivity index (χ0) is 11.9. The summed E-state index contributed by atoms with van der Waals surface area (Å²) < 4.78 is 5.28. The summed E-state index contributed by atoms with van der Waals surface area (Å²) in [6.07, 6.45) is 4.00. The van der Waals surface area contributed by atoms with E-state index in [9.17, 15) is 4.79 Å². The van der Waals surface area contributed by atoms with Crippen LogP contribution in [0.25, 0.3) is 0 Å². The van der Waals surface area contributed by atoms with Crippen molar-refractivity contribution in [2.24, 2.45) is 11.3 Å². The van der Waals surface area contributed by atoms with Crippen molar-refractivity contribution in [2.75, 3.05) is 6.61 Å². The summed E-state index contributed by atoms with van der Waals surface area (Å²) in [5.74, 6) is 0.0251. The van der Waals surface area contributed by atoms with Crippen molar-refractivity contribution in [1.82, 2.24) is 0 Å². The van der Waals surface area contributed by atoms with E-state index < -0.39 is 0 Å². The Morgan fingerprint density at radius 2 is 1.80 bits per heavy atom. The number of carbonyl (C=O) groups is 1. The van der Waals surface area contributed by atoms with Crippen LogP contribution in [0.15, 0.2) is 0 Å². The fourth-order valence-electron chi connectivity index (χ4n) is 1.61. The summed E-state index contributed by atoms with van der Waals surface area (Å²) in [7, 11) is 0. The third-order valence-corrected chi connectivity index (χ3v) is 2.65. The molecule has 1 atom stereocenters. The summed E-state index contributed by atoms with van der Waals surface area (Å²) >= 11 is 0. The molecule has 0 aliphatic heterocycles. The maximum atomic E-state index is 11.8. The molecule has 0 heterocycles. The summed E-state index contributed by atoms with van der Waals surface area (Å²) in [6, 6.07) is 0. The Kier molecular flexibility index (Phi) is 6.62. The van der Waals surface area contributed by atoms with E-state index in [1.165, 1.54) is 0 Å². The van der Waals surface area contributed by atoms with Crippen molar-refractivity contribution < 1.29 is 9.53 Å². The van der Waals surface area contributed by atoms with Crippen LogP contribution in [0.5, 0.6) is 0 Å². The molecular weight excluding hydrogens is 188 g/mol. The third-order valence-electron chi connectivity index (χ3n) is 2.65. The van der Waals surface area contributed by atoms with E-state index in [1.54, 1.807) is 0 Å². The Hall–Kier alpha value is -0.530. The van der Waals surface area contributed by atoms with Crippen LogP contribution >= 0.6 is 0 Å². The molecule has 0 fully saturated rings. The predicted molar refractivity (Wildman–Crippen MR) is 63.7 cm³/mol. The Bertz CT molecular complexity index is 179. The average molecular weight is 214 g/mol. The minimum Gasteiger partial charge on any atom is -0.465 e. The van der Waals surface area contributed by atoms with E-state index in [0.717, 1.165) is 25.7 Å².